The molecule has 4 aliphatic rings. The van der Waals surface area contributed by atoms with Crippen molar-refractivity contribution in [2.75, 3.05) is 40.3 Å². The minimum Gasteiger partial charge on any atom is -0.487 e. The molecule has 3 aliphatic heterocycles. The molecule has 0 N–H and O–H groups in total. The second-order valence-corrected chi connectivity index (χ2v) is 11.2. The van der Waals surface area contributed by atoms with Gasteiger partial charge in [0.25, 0.3) is 0 Å². The molecule has 4 nitrogen and oxygen atoms in total. The topological polar surface area (TPSA) is 24.9 Å². The van der Waals surface area contributed by atoms with Crippen LogP contribution in [-0.2, 0) is 19.3 Å². The Labute approximate surface area is 251 Å². The minimum absolute atomic E-state index is 0.0529. The van der Waals surface area contributed by atoms with Gasteiger partial charge in [-0.25, -0.2) is 4.39 Å². The predicted octanol–water partition coefficient (Wildman–Crippen LogP) is 8.70. The lowest BCUT2D eigenvalue weighted by Gasteiger charge is -2.37. The van der Waals surface area contributed by atoms with E-state index in [9.17, 15) is 17.6 Å². The summed E-state index contributed by atoms with van der Waals surface area (Å²) in [5.74, 6) is 0.625. The molecule has 42 heavy (non-hydrogen) atoms. The molecule has 238 valence electrons. The Morgan fingerprint density at radius 2 is 1.24 bits per heavy atom. The van der Waals surface area contributed by atoms with Crippen LogP contribution in [0.5, 0.6) is 11.5 Å². The fourth-order valence-corrected chi connectivity index (χ4v) is 6.16. The maximum atomic E-state index is 13.1. The number of fused-ring (bicyclic) bond motifs is 2. The monoisotopic (exact) mass is 596 g/mol. The van der Waals surface area contributed by atoms with Gasteiger partial charge in [-0.3, -0.25) is 0 Å². The first-order chi connectivity index (χ1) is 20.0. The van der Waals surface area contributed by atoms with E-state index >= 15 is 0 Å². The Balaban J connectivity index is 0.000000253. The predicted molar refractivity (Wildman–Crippen MR) is 164 cm³/mol. The van der Waals surface area contributed by atoms with E-state index in [2.05, 4.69) is 28.6 Å². The molecule has 6 rings (SSSR count). The molecule has 0 saturated carbocycles. The van der Waals surface area contributed by atoms with Crippen LogP contribution in [0, 0.1) is 11.2 Å². The summed E-state index contributed by atoms with van der Waals surface area (Å²) in [5, 5.41) is 0. The van der Waals surface area contributed by atoms with E-state index in [4.69, 9.17) is 4.74 Å². The zero-order valence-corrected chi connectivity index (χ0v) is 27.0. The van der Waals surface area contributed by atoms with Crippen molar-refractivity contribution in [3.8, 4) is 11.5 Å². The van der Waals surface area contributed by atoms with E-state index in [1.807, 2.05) is 41.5 Å². The van der Waals surface area contributed by atoms with Gasteiger partial charge >= 0.3 is 6.36 Å². The van der Waals surface area contributed by atoms with Gasteiger partial charge in [-0.15, -0.1) is 13.2 Å². The molecular formula is C34H52F4N2O2. The molecule has 0 unspecified atom stereocenters. The first kappa shape index (κ1) is 35.9. The molecule has 0 aromatic heterocycles. The lowest BCUT2D eigenvalue weighted by Crippen LogP contribution is -2.45. The minimum atomic E-state index is -4.61. The van der Waals surface area contributed by atoms with Crippen molar-refractivity contribution < 1.29 is 27.0 Å². The van der Waals surface area contributed by atoms with E-state index in [-0.39, 0.29) is 22.6 Å². The summed E-state index contributed by atoms with van der Waals surface area (Å²) >= 11 is 0. The zero-order chi connectivity index (χ0) is 31.6. The van der Waals surface area contributed by atoms with Gasteiger partial charge < -0.3 is 19.3 Å². The number of halogens is 4. The summed E-state index contributed by atoms with van der Waals surface area (Å²) in [6.07, 6.45) is 2.45. The fourth-order valence-electron chi connectivity index (χ4n) is 6.16. The molecule has 2 aromatic carbocycles. The third kappa shape index (κ3) is 9.60. The second kappa shape index (κ2) is 15.9. The first-order valence-electron chi connectivity index (χ1n) is 15.7. The highest BCUT2D eigenvalue weighted by atomic mass is 19.4. The molecule has 1 aliphatic carbocycles. The van der Waals surface area contributed by atoms with Gasteiger partial charge in [-0.05, 0) is 99.7 Å². The van der Waals surface area contributed by atoms with Gasteiger partial charge in [-0.2, -0.15) is 0 Å². The van der Waals surface area contributed by atoms with Crippen molar-refractivity contribution in [1.82, 2.24) is 9.80 Å². The van der Waals surface area contributed by atoms with Crippen LogP contribution >= 0.6 is 0 Å². The molecule has 2 spiro atoms. The average Bonchev–Trinajstić information content (AvgIpc) is 3.52. The Bertz CT molecular complexity index is 1090. The largest absolute Gasteiger partial charge is 0.573 e. The Morgan fingerprint density at radius 1 is 0.690 bits per heavy atom. The smallest absolute Gasteiger partial charge is 0.487 e. The molecule has 3 heterocycles. The zero-order valence-electron chi connectivity index (χ0n) is 27.0. The number of hydrogen-bond donors (Lipinski definition) is 0. The fraction of sp³-hybridized carbons (Fsp3) is 0.647. The van der Waals surface area contributed by atoms with Crippen LogP contribution in [0.25, 0.3) is 0 Å². The molecule has 0 atom stereocenters. The number of rotatable bonds is 1. The Hall–Kier alpha value is -2.32. The second-order valence-electron chi connectivity index (χ2n) is 11.2. The van der Waals surface area contributed by atoms with Crippen LogP contribution in [-0.4, -0.2) is 62.0 Å². The van der Waals surface area contributed by atoms with E-state index in [1.165, 1.54) is 17.7 Å². The molecule has 8 heteroatoms. The highest BCUT2D eigenvalue weighted by Gasteiger charge is 2.42. The summed E-state index contributed by atoms with van der Waals surface area (Å²) in [5.41, 5.74) is 3.44. The van der Waals surface area contributed by atoms with Crippen LogP contribution in [0.4, 0.5) is 17.6 Å². The SMILES string of the molecule is CC.CC.CC.CN1CCC2(CC1)Cc1cc(F)ccc1O2.CN1CCC2(CC1)Cc1ccc(OC(F)(F)F)cc1C2. The molecule has 2 aromatic rings. The van der Waals surface area contributed by atoms with Crippen molar-refractivity contribution in [3.63, 3.8) is 0 Å². The van der Waals surface area contributed by atoms with Crippen LogP contribution in [0.1, 0.15) is 83.9 Å². The highest BCUT2D eigenvalue weighted by Crippen LogP contribution is 2.45. The maximum absolute atomic E-state index is 13.1. The Kier molecular flexibility index (Phi) is 13.6. The standard InChI is InChI=1S/C15H18F3NO.C13H16FNO.3C2H6/c1-19-6-4-14(5-7-19)9-11-2-3-13(8-12(11)10-14)20-15(16,17)18;1-15-6-4-13(5-7-15)9-10-8-11(14)2-3-12(10)16-13;3*1-2/h2-3,8H,4-7,9-10H2,1H3;2-3,8H,4-7,9H2,1H3;3*1-2H3. The van der Waals surface area contributed by atoms with Gasteiger partial charge in [-0.1, -0.05) is 47.6 Å². The third-order valence-electron chi connectivity index (χ3n) is 8.35. The number of hydrogen-bond acceptors (Lipinski definition) is 4. The van der Waals surface area contributed by atoms with E-state index in [0.717, 1.165) is 88.0 Å². The maximum Gasteiger partial charge on any atom is 0.573 e. The van der Waals surface area contributed by atoms with Crippen molar-refractivity contribution >= 4 is 0 Å². The van der Waals surface area contributed by atoms with Gasteiger partial charge in [0.2, 0.25) is 0 Å². The van der Waals surface area contributed by atoms with Crippen LogP contribution in [0.3, 0.4) is 0 Å². The quantitative estimate of drug-likeness (QED) is 0.308. The summed E-state index contributed by atoms with van der Waals surface area (Å²) in [4.78, 5) is 4.63. The van der Waals surface area contributed by atoms with Crippen LogP contribution in [0.15, 0.2) is 36.4 Å². The van der Waals surface area contributed by atoms with Crippen LogP contribution in [0.2, 0.25) is 0 Å². The lowest BCUT2D eigenvalue weighted by molar-refractivity contribution is -0.274. The summed E-state index contributed by atoms with van der Waals surface area (Å²) in [6, 6.07) is 9.65. The Morgan fingerprint density at radius 3 is 1.81 bits per heavy atom. The molecule has 0 radical (unpaired) electrons. The van der Waals surface area contributed by atoms with Crippen molar-refractivity contribution in [3.05, 3.63) is 58.9 Å². The summed E-state index contributed by atoms with van der Waals surface area (Å²) in [6.45, 7) is 16.3. The highest BCUT2D eigenvalue weighted by molar-refractivity contribution is 5.41. The van der Waals surface area contributed by atoms with Gasteiger partial charge in [0.1, 0.15) is 22.9 Å². The van der Waals surface area contributed by atoms with Gasteiger partial charge in [0.05, 0.1) is 0 Å². The lowest BCUT2D eigenvalue weighted by atomic mass is 9.76. The van der Waals surface area contributed by atoms with Gasteiger partial charge in [0.15, 0.2) is 0 Å². The average molecular weight is 597 g/mol. The molecule has 0 bridgehead atoms. The van der Waals surface area contributed by atoms with Crippen molar-refractivity contribution in [1.29, 1.82) is 0 Å². The number of nitrogens with zero attached hydrogens (tertiary/aromatic N) is 2. The number of alkyl halides is 3. The molecule has 2 fully saturated rings. The van der Waals surface area contributed by atoms with Crippen LogP contribution < -0.4 is 9.47 Å². The van der Waals surface area contributed by atoms with Crippen molar-refractivity contribution in [2.24, 2.45) is 5.41 Å². The van der Waals surface area contributed by atoms with Crippen molar-refractivity contribution in [2.45, 2.75) is 98.5 Å². The number of benzene rings is 2. The first-order valence-corrected chi connectivity index (χ1v) is 15.7. The molecular weight excluding hydrogens is 544 g/mol. The molecule has 0 amide bonds. The normalized spacial score (nSPS) is 19.7. The number of likely N-dealkylation sites (tertiary alicyclic amines) is 2. The number of piperidine rings is 2. The van der Waals surface area contributed by atoms with E-state index in [1.54, 1.807) is 24.3 Å². The van der Waals surface area contributed by atoms with Gasteiger partial charge in [0, 0.05) is 37.9 Å². The van der Waals surface area contributed by atoms with E-state index in [0.29, 0.717) is 0 Å². The summed E-state index contributed by atoms with van der Waals surface area (Å²) in [7, 11) is 4.25. The number of ether oxygens (including phenoxy) is 2. The third-order valence-corrected chi connectivity index (χ3v) is 8.35. The van der Waals surface area contributed by atoms with E-state index < -0.39 is 6.36 Å². The molecule has 2 saturated heterocycles. The summed E-state index contributed by atoms with van der Waals surface area (Å²) < 4.78 is 59.9.